The zero-order valence-corrected chi connectivity index (χ0v) is 18.8. The fraction of sp³-hybridized carbons (Fsp3) is 0.476. The third kappa shape index (κ3) is 4.33. The third-order valence-corrected chi connectivity index (χ3v) is 5.40. The highest BCUT2D eigenvalue weighted by Crippen LogP contribution is 2.33. The van der Waals surface area contributed by atoms with Crippen molar-refractivity contribution in [2.75, 3.05) is 20.0 Å². The lowest BCUT2D eigenvalue weighted by molar-refractivity contribution is 0.326. The smallest absolute Gasteiger partial charge is 0.222 e. The van der Waals surface area contributed by atoms with Gasteiger partial charge in [0.1, 0.15) is 5.52 Å². The van der Waals surface area contributed by atoms with Gasteiger partial charge in [0.15, 0.2) is 16.7 Å². The summed E-state index contributed by atoms with van der Waals surface area (Å²) in [5.74, 6) is 0.905. The van der Waals surface area contributed by atoms with E-state index in [9.17, 15) is 4.21 Å². The fourth-order valence-electron chi connectivity index (χ4n) is 3.30. The van der Waals surface area contributed by atoms with E-state index in [0.717, 1.165) is 39.4 Å². The number of nitrogens with zero attached hydrogens (tertiary/aromatic N) is 4. The molecule has 2 unspecified atom stereocenters. The SMILES string of the molecule is COc1nc(C(C)C)ccc1-c1nc2c(nc1C)c(C(C)COS(C)=O)cn2C. The summed E-state index contributed by atoms with van der Waals surface area (Å²) in [6.07, 6.45) is 3.54. The highest BCUT2D eigenvalue weighted by molar-refractivity contribution is 7.79. The van der Waals surface area contributed by atoms with Gasteiger partial charge in [0.2, 0.25) is 5.88 Å². The van der Waals surface area contributed by atoms with Gasteiger partial charge in [0.25, 0.3) is 0 Å². The summed E-state index contributed by atoms with van der Waals surface area (Å²) in [5, 5.41) is 0. The number of fused-ring (bicyclic) bond motifs is 1. The van der Waals surface area contributed by atoms with Crippen molar-refractivity contribution in [3.63, 3.8) is 0 Å². The summed E-state index contributed by atoms with van der Waals surface area (Å²) in [6.45, 7) is 8.53. The van der Waals surface area contributed by atoms with Crippen LogP contribution >= 0.6 is 0 Å². The molecule has 0 radical (unpaired) electrons. The van der Waals surface area contributed by atoms with Crippen LogP contribution in [0.2, 0.25) is 0 Å². The molecule has 8 heteroatoms. The number of aromatic nitrogens is 4. The van der Waals surface area contributed by atoms with Crippen molar-refractivity contribution in [3.8, 4) is 17.1 Å². The van der Waals surface area contributed by atoms with Gasteiger partial charge in [0.05, 0.1) is 30.7 Å². The van der Waals surface area contributed by atoms with Crippen molar-refractivity contribution in [3.05, 3.63) is 35.3 Å². The second kappa shape index (κ2) is 8.59. The van der Waals surface area contributed by atoms with Gasteiger partial charge in [-0.25, -0.2) is 19.2 Å². The molecule has 0 aliphatic heterocycles. The van der Waals surface area contributed by atoms with Crippen LogP contribution in [0, 0.1) is 6.92 Å². The molecule has 156 valence electrons. The van der Waals surface area contributed by atoms with Crippen molar-refractivity contribution in [2.24, 2.45) is 7.05 Å². The Morgan fingerprint density at radius 2 is 1.90 bits per heavy atom. The van der Waals surface area contributed by atoms with Crippen LogP contribution in [0.1, 0.15) is 49.6 Å². The maximum Gasteiger partial charge on any atom is 0.222 e. The molecule has 0 spiro atoms. The maximum absolute atomic E-state index is 11.3. The molecule has 0 saturated heterocycles. The number of hydrogen-bond donors (Lipinski definition) is 0. The van der Waals surface area contributed by atoms with Crippen LogP contribution in [-0.4, -0.2) is 43.7 Å². The lowest BCUT2D eigenvalue weighted by Crippen LogP contribution is -2.06. The van der Waals surface area contributed by atoms with Crippen LogP contribution in [0.3, 0.4) is 0 Å². The van der Waals surface area contributed by atoms with E-state index < -0.39 is 11.1 Å². The second-order valence-corrected chi connectivity index (χ2v) is 8.60. The van der Waals surface area contributed by atoms with Gasteiger partial charge in [-0.1, -0.05) is 20.8 Å². The molecule has 0 fully saturated rings. The topological polar surface area (TPSA) is 79.1 Å². The summed E-state index contributed by atoms with van der Waals surface area (Å²) in [6, 6.07) is 4.01. The first-order valence-corrected chi connectivity index (χ1v) is 11.1. The van der Waals surface area contributed by atoms with Crippen molar-refractivity contribution in [2.45, 2.75) is 39.5 Å². The zero-order valence-electron chi connectivity index (χ0n) is 18.0. The van der Waals surface area contributed by atoms with Gasteiger partial charge in [0, 0.05) is 36.7 Å². The largest absolute Gasteiger partial charge is 0.480 e. The average molecular weight is 417 g/mol. The van der Waals surface area contributed by atoms with Gasteiger partial charge in [-0.15, -0.1) is 0 Å². The maximum atomic E-state index is 11.3. The van der Waals surface area contributed by atoms with Crippen molar-refractivity contribution in [1.29, 1.82) is 0 Å². The Hall–Kier alpha value is -2.32. The highest BCUT2D eigenvalue weighted by atomic mass is 32.2. The van der Waals surface area contributed by atoms with Crippen molar-refractivity contribution in [1.82, 2.24) is 19.5 Å². The van der Waals surface area contributed by atoms with Crippen LogP contribution in [-0.2, 0) is 22.3 Å². The molecule has 3 heterocycles. The molecule has 0 saturated carbocycles. The molecular weight excluding hydrogens is 388 g/mol. The van der Waals surface area contributed by atoms with Gasteiger partial charge < -0.3 is 9.30 Å². The number of methoxy groups -OCH3 is 1. The normalized spacial score (nSPS) is 13.8. The minimum atomic E-state index is -1.29. The summed E-state index contributed by atoms with van der Waals surface area (Å²) >= 11 is -1.29. The van der Waals surface area contributed by atoms with Gasteiger partial charge in [-0.05, 0) is 25.0 Å². The Bertz CT molecular complexity index is 1060. The minimum Gasteiger partial charge on any atom is -0.480 e. The Morgan fingerprint density at radius 3 is 2.52 bits per heavy atom. The van der Waals surface area contributed by atoms with Gasteiger partial charge >= 0.3 is 0 Å². The summed E-state index contributed by atoms with van der Waals surface area (Å²) in [5.41, 5.74) is 5.98. The number of aryl methyl sites for hydroxylation is 2. The molecule has 7 nitrogen and oxygen atoms in total. The van der Waals surface area contributed by atoms with E-state index in [-0.39, 0.29) is 5.92 Å². The average Bonchev–Trinajstić information content (AvgIpc) is 3.00. The lowest BCUT2D eigenvalue weighted by atomic mass is 10.0. The first-order chi connectivity index (χ1) is 13.7. The Labute approximate surface area is 174 Å². The molecular formula is C21H28N4O3S. The van der Waals surface area contributed by atoms with E-state index in [1.807, 2.05) is 43.8 Å². The zero-order chi connectivity index (χ0) is 21.3. The molecule has 0 amide bonds. The molecule has 2 atom stereocenters. The second-order valence-electron chi connectivity index (χ2n) is 7.56. The number of hydrogen-bond acceptors (Lipinski definition) is 6. The molecule has 0 N–H and O–H groups in total. The summed E-state index contributed by atoms with van der Waals surface area (Å²) in [4.78, 5) is 14.4. The summed E-state index contributed by atoms with van der Waals surface area (Å²) in [7, 11) is 3.57. The van der Waals surface area contributed by atoms with Gasteiger partial charge in [-0.2, -0.15) is 0 Å². The van der Waals surface area contributed by atoms with Crippen molar-refractivity contribution >= 4 is 22.2 Å². The lowest BCUT2D eigenvalue weighted by Gasteiger charge is -2.13. The van der Waals surface area contributed by atoms with Crippen LogP contribution in [0.25, 0.3) is 22.4 Å². The number of ether oxygens (including phenoxy) is 1. The molecule has 3 rings (SSSR count). The molecule has 3 aromatic heterocycles. The predicted octanol–water partition coefficient (Wildman–Crippen LogP) is 3.88. The van der Waals surface area contributed by atoms with Crippen LogP contribution in [0.15, 0.2) is 18.3 Å². The molecule has 0 bridgehead atoms. The van der Waals surface area contributed by atoms with E-state index >= 15 is 0 Å². The monoisotopic (exact) mass is 416 g/mol. The quantitative estimate of drug-likeness (QED) is 0.581. The van der Waals surface area contributed by atoms with E-state index in [2.05, 4.69) is 18.8 Å². The highest BCUT2D eigenvalue weighted by Gasteiger charge is 2.21. The van der Waals surface area contributed by atoms with E-state index in [1.165, 1.54) is 6.26 Å². The van der Waals surface area contributed by atoms with Crippen LogP contribution in [0.5, 0.6) is 5.88 Å². The van der Waals surface area contributed by atoms with Gasteiger partial charge in [-0.3, -0.25) is 4.18 Å². The Morgan fingerprint density at radius 1 is 1.17 bits per heavy atom. The molecule has 0 aromatic carbocycles. The minimum absolute atomic E-state index is 0.0451. The van der Waals surface area contributed by atoms with E-state index in [0.29, 0.717) is 18.4 Å². The molecule has 3 aromatic rings. The molecule has 29 heavy (non-hydrogen) atoms. The number of pyridine rings is 1. The van der Waals surface area contributed by atoms with Crippen molar-refractivity contribution < 1.29 is 13.1 Å². The fourth-order valence-corrected chi connectivity index (χ4v) is 3.69. The summed E-state index contributed by atoms with van der Waals surface area (Å²) < 4.78 is 24.1. The molecule has 0 aliphatic carbocycles. The Balaban J connectivity index is 2.09. The first kappa shape index (κ1) is 21.4. The first-order valence-electron chi connectivity index (χ1n) is 9.58. The standard InChI is InChI=1S/C21H28N4O3S/c1-12(2)17-9-8-15(21(23-17)27-6)18-14(4)22-19-16(10-25(5)20(19)24-18)13(3)11-28-29(7)26/h8-10,12-13H,11H2,1-7H3. The van der Waals surface area contributed by atoms with Crippen LogP contribution < -0.4 is 4.74 Å². The predicted molar refractivity (Wildman–Crippen MR) is 116 cm³/mol. The van der Waals surface area contributed by atoms with Crippen LogP contribution in [0.4, 0.5) is 0 Å². The Kier molecular flexibility index (Phi) is 6.33. The van der Waals surface area contributed by atoms with E-state index in [1.54, 1.807) is 7.11 Å². The molecule has 0 aliphatic rings. The third-order valence-electron chi connectivity index (χ3n) is 4.93. The van der Waals surface area contributed by atoms with E-state index in [4.69, 9.17) is 18.9 Å². The number of rotatable bonds is 7.